The van der Waals surface area contributed by atoms with Gasteiger partial charge in [0.15, 0.2) is 0 Å². The molecule has 0 saturated heterocycles. The van der Waals surface area contributed by atoms with Gasteiger partial charge in [-0.1, -0.05) is 165 Å². The second-order valence-electron chi connectivity index (χ2n) is 16.0. The summed E-state index contributed by atoms with van der Waals surface area (Å²) < 4.78 is 51.2. The van der Waals surface area contributed by atoms with Gasteiger partial charge in [-0.3, -0.25) is 9.55 Å². The minimum Gasteiger partial charge on any atom is -0.507 e. The summed E-state index contributed by atoms with van der Waals surface area (Å²) in [5.41, 5.74) is 13.0. The van der Waals surface area contributed by atoms with Gasteiger partial charge in [-0.2, -0.15) is 0 Å². The predicted octanol–water partition coefficient (Wildman–Crippen LogP) is 14.8. The van der Waals surface area contributed by atoms with Crippen LogP contribution in [0.3, 0.4) is 0 Å². The number of hydrogen-bond donors (Lipinski definition) is 1. The Hall–Kier alpha value is -6.35. The van der Waals surface area contributed by atoms with Gasteiger partial charge in [-0.25, -0.2) is 4.98 Å². The zero-order valence-electron chi connectivity index (χ0n) is 40.3. The number of imidazole rings is 1. The van der Waals surface area contributed by atoms with Crippen molar-refractivity contribution in [3.63, 3.8) is 0 Å². The van der Waals surface area contributed by atoms with Gasteiger partial charge in [0.1, 0.15) is 11.6 Å². The molecular formula is C56H48N3OPt-. The number of fused-ring (bicyclic) bond motifs is 1. The summed E-state index contributed by atoms with van der Waals surface area (Å²) >= 11 is 0. The van der Waals surface area contributed by atoms with E-state index in [0.29, 0.717) is 33.8 Å². The molecule has 0 bridgehead atoms. The van der Waals surface area contributed by atoms with Crippen molar-refractivity contribution in [2.45, 2.75) is 53.2 Å². The Morgan fingerprint density at radius 1 is 0.574 bits per heavy atom. The molecule has 0 radical (unpaired) electrons. The summed E-state index contributed by atoms with van der Waals surface area (Å²) in [6, 6.07) is 54.0. The number of aryl methyl sites for hydroxylation is 2. The van der Waals surface area contributed by atoms with Crippen molar-refractivity contribution in [3.05, 3.63) is 192 Å². The van der Waals surface area contributed by atoms with Crippen molar-refractivity contribution >= 4 is 11.0 Å². The summed E-state index contributed by atoms with van der Waals surface area (Å²) in [7, 11) is 0. The first-order chi connectivity index (χ1) is 31.5. The van der Waals surface area contributed by atoms with E-state index in [2.05, 4.69) is 64.1 Å². The zero-order chi connectivity index (χ0) is 46.5. The van der Waals surface area contributed by atoms with Crippen LogP contribution in [-0.2, 0) is 21.1 Å². The van der Waals surface area contributed by atoms with Gasteiger partial charge in [0.05, 0.1) is 16.6 Å². The van der Waals surface area contributed by atoms with E-state index in [4.69, 9.17) is 18.2 Å². The minimum atomic E-state index is -2.42. The van der Waals surface area contributed by atoms with Crippen molar-refractivity contribution in [1.82, 2.24) is 14.5 Å². The molecule has 304 valence electrons. The van der Waals surface area contributed by atoms with E-state index in [1.54, 1.807) is 30.5 Å². The molecule has 9 aromatic rings. The van der Waals surface area contributed by atoms with E-state index in [1.807, 2.05) is 108 Å². The number of rotatable bonds is 9. The molecule has 0 spiro atoms. The Labute approximate surface area is 382 Å². The van der Waals surface area contributed by atoms with Crippen LogP contribution >= 0.6 is 0 Å². The van der Waals surface area contributed by atoms with Crippen LogP contribution in [0.2, 0.25) is 0 Å². The molecule has 0 aliphatic heterocycles. The fourth-order valence-corrected chi connectivity index (χ4v) is 7.99. The molecule has 1 N–H and O–H groups in total. The van der Waals surface area contributed by atoms with Crippen molar-refractivity contribution < 1.29 is 34.4 Å². The third-order valence-electron chi connectivity index (χ3n) is 11.2. The Morgan fingerprint density at radius 2 is 1.25 bits per heavy atom. The van der Waals surface area contributed by atoms with Crippen molar-refractivity contribution in [1.29, 1.82) is 0 Å². The van der Waals surface area contributed by atoms with Gasteiger partial charge >= 0.3 is 0 Å². The fraction of sp³-hybridized carbons (Fsp3) is 0.143. The number of hydrogen-bond acceptors (Lipinski definition) is 3. The summed E-state index contributed by atoms with van der Waals surface area (Å²) in [6.07, 6.45) is 1.75. The van der Waals surface area contributed by atoms with Crippen molar-refractivity contribution in [2.24, 2.45) is 0 Å². The van der Waals surface area contributed by atoms with Gasteiger partial charge in [-0.05, 0) is 100 Å². The molecule has 0 aliphatic rings. The smallest absolute Gasteiger partial charge is 0.148 e. The van der Waals surface area contributed by atoms with Gasteiger partial charge in [0.2, 0.25) is 0 Å². The topological polar surface area (TPSA) is 50.9 Å². The molecule has 0 unspecified atom stereocenters. The largest absolute Gasteiger partial charge is 0.507 e. The summed E-state index contributed by atoms with van der Waals surface area (Å²) in [5.74, 6) is 0.753. The van der Waals surface area contributed by atoms with Crippen LogP contribution in [0.15, 0.2) is 164 Å². The average molecular weight is 980 g/mol. The van der Waals surface area contributed by atoms with Gasteiger partial charge in [-0.15, -0.1) is 23.8 Å². The van der Waals surface area contributed by atoms with Crippen LogP contribution in [0.1, 0.15) is 70.0 Å². The second kappa shape index (κ2) is 17.3. The maximum atomic E-state index is 12.2. The van der Waals surface area contributed by atoms with E-state index < -0.39 is 13.7 Å². The molecule has 61 heavy (non-hydrogen) atoms. The van der Waals surface area contributed by atoms with Gasteiger partial charge in [0.25, 0.3) is 0 Å². The molecular weight excluding hydrogens is 926 g/mol. The Bertz CT molecular complexity index is 3230. The molecule has 9 rings (SSSR count). The number of para-hydroxylation sites is 1. The molecule has 0 fully saturated rings. The number of benzene rings is 7. The first-order valence-corrected chi connectivity index (χ1v) is 20.3. The molecule has 2 heterocycles. The predicted molar refractivity (Wildman–Crippen MR) is 250 cm³/mol. The SMILES string of the molecule is [2H]C([2H])([2H])c1ccc(-c2ccnc(-c3[c-]c(-c4cccc5c4nc(-c4cc(C(C)C)cc(C(C)C)c4O)n5-c4cc(-c5ccccc5)cc(C([2H])([2H])[2H])c4)cc(-c4ccccc4)c3)c2)cc1.[Pt]. The van der Waals surface area contributed by atoms with Crippen molar-refractivity contribution in [2.75, 3.05) is 0 Å². The third-order valence-corrected chi connectivity index (χ3v) is 11.2. The molecule has 2 aromatic heterocycles. The van der Waals surface area contributed by atoms with Crippen LogP contribution in [0, 0.1) is 19.8 Å². The molecule has 4 nitrogen and oxygen atoms in total. The maximum Gasteiger partial charge on any atom is 0.148 e. The van der Waals surface area contributed by atoms with E-state index in [-0.39, 0.29) is 49.8 Å². The standard InChI is InChI=1S/C56H48N3O.Pt/c1-35(2)43-32-50(36(3)4)55(60)51(33-43)56-58-54-49(18-13-19-53(54)59(56)48-27-38(6)26-44(31-48)39-14-9-7-10-15-39)46-28-45(40-16-11-8-12-17-40)29-47(30-46)52-34-42(24-25-57-52)41-22-20-37(5)21-23-41;/h7-29,31-36,60H,1-6H3;/q-1;/i5D3,6D3;. The number of phenolic OH excluding ortho intramolecular Hbond substituents is 1. The minimum absolute atomic E-state index is 0. The number of pyridine rings is 1. The van der Waals surface area contributed by atoms with E-state index >= 15 is 0 Å². The van der Waals surface area contributed by atoms with Crippen molar-refractivity contribution in [3.8, 4) is 78.6 Å². The van der Waals surface area contributed by atoms with Crippen LogP contribution in [-0.4, -0.2) is 19.6 Å². The summed E-state index contributed by atoms with van der Waals surface area (Å²) in [6.45, 7) is 3.75. The Balaban J connectivity index is 0.00000608. The van der Waals surface area contributed by atoms with Crippen LogP contribution in [0.25, 0.3) is 83.9 Å². The second-order valence-corrected chi connectivity index (χ2v) is 16.0. The molecule has 0 aliphatic carbocycles. The fourth-order valence-electron chi connectivity index (χ4n) is 7.99. The van der Waals surface area contributed by atoms with Crippen LogP contribution in [0.4, 0.5) is 0 Å². The third kappa shape index (κ3) is 8.26. The monoisotopic (exact) mass is 979 g/mol. The molecule has 0 atom stereocenters. The van der Waals surface area contributed by atoms with Crippen LogP contribution in [0.5, 0.6) is 5.75 Å². The number of aromatic hydroxyl groups is 1. The normalized spacial score (nSPS) is 13.2. The number of aromatic nitrogens is 3. The first kappa shape index (κ1) is 34.4. The number of phenols is 1. The quantitative estimate of drug-likeness (QED) is 0.147. The van der Waals surface area contributed by atoms with E-state index in [1.165, 1.54) is 0 Å². The molecule has 0 amide bonds. The molecule has 7 aromatic carbocycles. The first-order valence-electron chi connectivity index (χ1n) is 23.3. The Kier molecular flexibility index (Phi) is 9.76. The summed E-state index contributed by atoms with van der Waals surface area (Å²) in [4.78, 5) is 10.3. The number of nitrogens with zero attached hydrogens (tertiary/aromatic N) is 3. The van der Waals surface area contributed by atoms with E-state index in [9.17, 15) is 5.11 Å². The maximum absolute atomic E-state index is 12.2. The van der Waals surface area contributed by atoms with Gasteiger partial charge < -0.3 is 5.11 Å². The molecule has 5 heteroatoms. The zero-order valence-corrected chi connectivity index (χ0v) is 36.6. The Morgan fingerprint density at radius 3 is 1.92 bits per heavy atom. The van der Waals surface area contributed by atoms with Gasteiger partial charge in [0, 0.05) is 46.9 Å². The summed E-state index contributed by atoms with van der Waals surface area (Å²) in [5, 5.41) is 12.2. The molecule has 0 saturated carbocycles. The van der Waals surface area contributed by atoms with Crippen LogP contribution < -0.4 is 0 Å². The average Bonchev–Trinajstić information content (AvgIpc) is 3.71. The van der Waals surface area contributed by atoms with E-state index in [0.717, 1.165) is 61.2 Å².